The van der Waals surface area contributed by atoms with Gasteiger partial charge >= 0.3 is 0 Å². The van der Waals surface area contributed by atoms with Gasteiger partial charge in [-0.05, 0) is 23.3 Å². The van der Waals surface area contributed by atoms with Crippen LogP contribution in [0.4, 0.5) is 0 Å². The topological polar surface area (TPSA) is 92.4 Å². The summed E-state index contributed by atoms with van der Waals surface area (Å²) in [6, 6.07) is 15.8. The van der Waals surface area contributed by atoms with Gasteiger partial charge in [0.1, 0.15) is 0 Å². The first-order chi connectivity index (χ1) is 10.8. The molecule has 0 aliphatic carbocycles. The number of nitrogens with one attached hydrogen (secondary N) is 1. The van der Waals surface area contributed by atoms with Crippen molar-refractivity contribution in [3.63, 3.8) is 0 Å². The van der Waals surface area contributed by atoms with E-state index >= 15 is 0 Å². The molecule has 2 aromatic carbocycles. The van der Waals surface area contributed by atoms with Crippen molar-refractivity contribution in [3.05, 3.63) is 72.8 Å². The molecular formula is C16H14N6. The van der Waals surface area contributed by atoms with Gasteiger partial charge in [0.15, 0.2) is 5.84 Å². The van der Waals surface area contributed by atoms with Gasteiger partial charge in [-0.2, -0.15) is 5.10 Å². The number of hydrogen-bond acceptors (Lipinski definition) is 4. The van der Waals surface area contributed by atoms with Crippen molar-refractivity contribution in [3.8, 4) is 16.8 Å². The molecule has 0 bridgehead atoms. The second-order valence-electron chi connectivity index (χ2n) is 4.66. The zero-order chi connectivity index (χ0) is 15.4. The van der Waals surface area contributed by atoms with Crippen molar-refractivity contribution < 1.29 is 0 Å². The first-order valence-electron chi connectivity index (χ1n) is 6.66. The fraction of sp³-hybridized carbons (Fsp3) is 0. The monoisotopic (exact) mass is 290 g/mol. The third kappa shape index (κ3) is 2.62. The van der Waals surface area contributed by atoms with Gasteiger partial charge in [-0.15, -0.1) is 5.11 Å². The molecule has 0 saturated heterocycles. The molecule has 6 heteroatoms. The van der Waals surface area contributed by atoms with Crippen LogP contribution in [0.5, 0.6) is 0 Å². The molecule has 0 aliphatic heterocycles. The lowest BCUT2D eigenvalue weighted by atomic mass is 10.0. The van der Waals surface area contributed by atoms with E-state index in [9.17, 15) is 0 Å². The van der Waals surface area contributed by atoms with Gasteiger partial charge in [0.25, 0.3) is 0 Å². The molecule has 0 unspecified atom stereocenters. The summed E-state index contributed by atoms with van der Waals surface area (Å²) in [7, 11) is 0. The van der Waals surface area contributed by atoms with E-state index in [-0.39, 0.29) is 5.84 Å². The summed E-state index contributed by atoms with van der Waals surface area (Å²) in [5.74, 6) is 5.40. The number of rotatable bonds is 3. The number of hydrazone groups is 1. The second kappa shape index (κ2) is 6.01. The Hall–Kier alpha value is -3.28. The SMILES string of the molecule is N=N/C(=N\N)c1ccc(-c2ccc(-n3ccnc3)cc2)cc1. The quantitative estimate of drug-likeness (QED) is 0.255. The highest BCUT2D eigenvalue weighted by Gasteiger charge is 2.03. The minimum Gasteiger partial charge on any atom is -0.321 e. The van der Waals surface area contributed by atoms with Crippen molar-refractivity contribution in [2.75, 3.05) is 0 Å². The van der Waals surface area contributed by atoms with Crippen LogP contribution in [0.3, 0.4) is 0 Å². The molecule has 0 atom stereocenters. The number of aromatic nitrogens is 2. The molecule has 0 fully saturated rings. The average molecular weight is 290 g/mol. The van der Waals surface area contributed by atoms with Crippen molar-refractivity contribution in [2.24, 2.45) is 16.1 Å². The Morgan fingerprint density at radius 1 is 1.00 bits per heavy atom. The van der Waals surface area contributed by atoms with Gasteiger partial charge in [0.05, 0.1) is 6.33 Å². The van der Waals surface area contributed by atoms with Crippen molar-refractivity contribution >= 4 is 5.84 Å². The van der Waals surface area contributed by atoms with Crippen LogP contribution >= 0.6 is 0 Å². The molecule has 0 saturated carbocycles. The predicted molar refractivity (Wildman–Crippen MR) is 84.9 cm³/mol. The van der Waals surface area contributed by atoms with Crippen LogP contribution in [0.25, 0.3) is 16.8 Å². The highest BCUT2D eigenvalue weighted by Crippen LogP contribution is 2.21. The van der Waals surface area contributed by atoms with Crippen LogP contribution < -0.4 is 5.84 Å². The van der Waals surface area contributed by atoms with Gasteiger partial charge in [-0.25, -0.2) is 10.5 Å². The Kier molecular flexibility index (Phi) is 3.74. The Bertz CT molecular complexity index is 786. The fourth-order valence-electron chi connectivity index (χ4n) is 2.22. The molecule has 3 rings (SSSR count). The van der Waals surface area contributed by atoms with Gasteiger partial charge in [0.2, 0.25) is 0 Å². The molecule has 0 aliphatic rings. The van der Waals surface area contributed by atoms with Crippen LogP contribution in [-0.2, 0) is 0 Å². The molecule has 108 valence electrons. The number of nitrogens with two attached hydrogens (primary N) is 1. The predicted octanol–water partition coefficient (Wildman–Crippen LogP) is 3.19. The third-order valence-electron chi connectivity index (χ3n) is 3.37. The Morgan fingerprint density at radius 2 is 1.64 bits per heavy atom. The fourth-order valence-corrected chi connectivity index (χ4v) is 2.22. The van der Waals surface area contributed by atoms with Crippen molar-refractivity contribution in [1.82, 2.24) is 9.55 Å². The molecule has 22 heavy (non-hydrogen) atoms. The Balaban J connectivity index is 1.87. The van der Waals surface area contributed by atoms with Crippen LogP contribution in [0.1, 0.15) is 5.56 Å². The Morgan fingerprint density at radius 3 is 2.14 bits per heavy atom. The summed E-state index contributed by atoms with van der Waals surface area (Å²) in [5.41, 5.74) is 11.0. The molecule has 0 spiro atoms. The minimum absolute atomic E-state index is 0.210. The lowest BCUT2D eigenvalue weighted by Crippen LogP contribution is -1.99. The highest BCUT2D eigenvalue weighted by molar-refractivity contribution is 5.99. The molecule has 1 heterocycles. The van der Waals surface area contributed by atoms with Gasteiger partial charge in [-0.1, -0.05) is 36.4 Å². The second-order valence-corrected chi connectivity index (χ2v) is 4.66. The number of imidazole rings is 1. The Labute approximate surface area is 127 Å². The largest absolute Gasteiger partial charge is 0.321 e. The van der Waals surface area contributed by atoms with Crippen LogP contribution in [0.2, 0.25) is 0 Å². The van der Waals surface area contributed by atoms with Gasteiger partial charge in [0, 0.05) is 23.6 Å². The van der Waals surface area contributed by atoms with Gasteiger partial charge in [-0.3, -0.25) is 0 Å². The van der Waals surface area contributed by atoms with E-state index in [0.29, 0.717) is 0 Å². The van der Waals surface area contributed by atoms with E-state index in [4.69, 9.17) is 11.4 Å². The zero-order valence-electron chi connectivity index (χ0n) is 11.7. The summed E-state index contributed by atoms with van der Waals surface area (Å²) in [6.07, 6.45) is 5.42. The third-order valence-corrected chi connectivity index (χ3v) is 3.37. The number of hydrogen-bond donors (Lipinski definition) is 2. The van der Waals surface area contributed by atoms with E-state index in [0.717, 1.165) is 22.4 Å². The van der Waals surface area contributed by atoms with E-state index < -0.39 is 0 Å². The zero-order valence-corrected chi connectivity index (χ0v) is 11.7. The van der Waals surface area contributed by atoms with Crippen LogP contribution in [0.15, 0.2) is 77.5 Å². The van der Waals surface area contributed by atoms with E-state index in [1.807, 2.05) is 47.2 Å². The smallest absolute Gasteiger partial charge is 0.199 e. The van der Waals surface area contributed by atoms with Crippen molar-refractivity contribution in [1.29, 1.82) is 5.53 Å². The molecule has 3 N–H and O–H groups in total. The number of amidine groups is 1. The number of benzene rings is 2. The first-order valence-corrected chi connectivity index (χ1v) is 6.66. The summed E-state index contributed by atoms with van der Waals surface area (Å²) in [6.45, 7) is 0. The molecule has 0 amide bonds. The molecular weight excluding hydrogens is 276 g/mol. The highest BCUT2D eigenvalue weighted by atomic mass is 15.2. The maximum absolute atomic E-state index is 7.01. The summed E-state index contributed by atoms with van der Waals surface area (Å²) < 4.78 is 1.95. The van der Waals surface area contributed by atoms with Crippen LogP contribution in [0, 0.1) is 5.53 Å². The maximum atomic E-state index is 7.01. The van der Waals surface area contributed by atoms with Crippen molar-refractivity contribution in [2.45, 2.75) is 0 Å². The molecule has 3 aromatic rings. The lowest BCUT2D eigenvalue weighted by Gasteiger charge is -2.06. The van der Waals surface area contributed by atoms with E-state index in [1.165, 1.54) is 0 Å². The molecule has 0 radical (unpaired) electrons. The summed E-state index contributed by atoms with van der Waals surface area (Å²) in [4.78, 5) is 4.04. The summed E-state index contributed by atoms with van der Waals surface area (Å²) >= 11 is 0. The molecule has 1 aromatic heterocycles. The minimum atomic E-state index is 0.210. The van der Waals surface area contributed by atoms with E-state index in [1.54, 1.807) is 12.5 Å². The van der Waals surface area contributed by atoms with E-state index in [2.05, 4.69) is 27.3 Å². The van der Waals surface area contributed by atoms with Crippen LogP contribution in [-0.4, -0.2) is 15.4 Å². The standard InChI is InChI=1S/C16H14N6/c17-20-16(21-18)14-3-1-12(2-4-14)13-5-7-15(8-6-13)22-10-9-19-11-22/h1-11,17H,18H2/b20-17?,21-16-. The summed E-state index contributed by atoms with van der Waals surface area (Å²) in [5, 5.41) is 6.76. The lowest BCUT2D eigenvalue weighted by molar-refractivity contribution is 1.06. The normalized spacial score (nSPS) is 11.4. The maximum Gasteiger partial charge on any atom is 0.199 e. The average Bonchev–Trinajstić information content (AvgIpc) is 3.11. The van der Waals surface area contributed by atoms with Gasteiger partial charge < -0.3 is 10.4 Å². The first kappa shape index (κ1) is 13.7. The molecule has 6 nitrogen and oxygen atoms in total. The number of nitrogens with zero attached hydrogens (tertiary/aromatic N) is 4.